The van der Waals surface area contributed by atoms with Gasteiger partial charge in [-0.3, -0.25) is 0 Å². The van der Waals surface area contributed by atoms with Gasteiger partial charge >= 0.3 is 0 Å². The first-order chi connectivity index (χ1) is 8.21. The van der Waals surface area contributed by atoms with E-state index in [0.29, 0.717) is 6.61 Å². The second kappa shape index (κ2) is 5.17. The van der Waals surface area contributed by atoms with E-state index in [9.17, 15) is 0 Å². The van der Waals surface area contributed by atoms with Gasteiger partial charge in [0.05, 0.1) is 6.61 Å². The fourth-order valence-corrected chi connectivity index (χ4v) is 2.49. The molecule has 0 aromatic heterocycles. The Bertz CT molecular complexity index is 374. The van der Waals surface area contributed by atoms with Crippen LogP contribution in [0, 0.1) is 0 Å². The predicted octanol–water partition coefficient (Wildman–Crippen LogP) is 2.36. The first kappa shape index (κ1) is 12.6. The van der Waals surface area contributed by atoms with Crippen LogP contribution < -0.4 is 5.73 Å². The summed E-state index contributed by atoms with van der Waals surface area (Å²) in [6, 6.07) is 8.29. The molecule has 1 unspecified atom stereocenters. The molecule has 0 saturated heterocycles. The fraction of sp³-hybridized carbons (Fsp3) is 0.571. The van der Waals surface area contributed by atoms with Crippen molar-refractivity contribution >= 4 is 0 Å². The molecule has 94 valence electrons. The summed E-state index contributed by atoms with van der Waals surface area (Å²) in [6.45, 7) is 0.559. The van der Waals surface area contributed by atoms with Gasteiger partial charge < -0.3 is 15.2 Å². The zero-order valence-electron chi connectivity index (χ0n) is 10.6. The van der Waals surface area contributed by atoms with Gasteiger partial charge in [-0.25, -0.2) is 0 Å². The van der Waals surface area contributed by atoms with Crippen molar-refractivity contribution in [3.63, 3.8) is 0 Å². The Balaban J connectivity index is 2.32. The fourth-order valence-electron chi connectivity index (χ4n) is 2.49. The quantitative estimate of drug-likeness (QED) is 0.852. The Kier molecular flexibility index (Phi) is 3.82. The van der Waals surface area contributed by atoms with Crippen molar-refractivity contribution in [1.29, 1.82) is 0 Å². The molecular formula is C14H21NO2. The van der Waals surface area contributed by atoms with Crippen molar-refractivity contribution < 1.29 is 9.47 Å². The minimum atomic E-state index is -0.152. The van der Waals surface area contributed by atoms with Crippen LogP contribution in [-0.2, 0) is 15.0 Å². The predicted molar refractivity (Wildman–Crippen MR) is 67.8 cm³/mol. The molecule has 1 saturated carbocycles. The molecule has 3 heteroatoms. The number of hydrogen-bond donors (Lipinski definition) is 1. The van der Waals surface area contributed by atoms with Crippen LogP contribution >= 0.6 is 0 Å². The third-order valence-electron chi connectivity index (χ3n) is 3.69. The highest BCUT2D eigenvalue weighted by atomic mass is 16.5. The van der Waals surface area contributed by atoms with E-state index < -0.39 is 0 Å². The highest BCUT2D eigenvalue weighted by Crippen LogP contribution is 2.41. The van der Waals surface area contributed by atoms with Crippen LogP contribution in [-0.4, -0.2) is 20.8 Å². The molecule has 1 aromatic rings. The van der Waals surface area contributed by atoms with Crippen molar-refractivity contribution in [2.75, 3.05) is 20.8 Å². The molecule has 17 heavy (non-hydrogen) atoms. The molecule has 1 aromatic carbocycles. The van der Waals surface area contributed by atoms with Gasteiger partial charge in [-0.2, -0.15) is 0 Å². The average molecular weight is 235 g/mol. The van der Waals surface area contributed by atoms with Gasteiger partial charge in [-0.05, 0) is 30.4 Å². The van der Waals surface area contributed by atoms with Crippen molar-refractivity contribution in [1.82, 2.24) is 0 Å². The summed E-state index contributed by atoms with van der Waals surface area (Å²) in [5.41, 5.74) is 8.65. The van der Waals surface area contributed by atoms with E-state index in [4.69, 9.17) is 15.2 Å². The third kappa shape index (κ3) is 2.37. The second-order valence-corrected chi connectivity index (χ2v) is 4.78. The summed E-state index contributed by atoms with van der Waals surface area (Å²) in [6.07, 6.45) is 3.31. The zero-order chi connectivity index (χ0) is 12.3. The summed E-state index contributed by atoms with van der Waals surface area (Å²) in [5.74, 6) is 0. The topological polar surface area (TPSA) is 44.5 Å². The van der Waals surface area contributed by atoms with Crippen molar-refractivity contribution in [3.05, 3.63) is 35.4 Å². The molecule has 3 nitrogen and oxygen atoms in total. The van der Waals surface area contributed by atoms with Crippen LogP contribution in [0.3, 0.4) is 0 Å². The van der Waals surface area contributed by atoms with Gasteiger partial charge in [0.15, 0.2) is 0 Å². The number of nitrogens with two attached hydrogens (primary N) is 1. The van der Waals surface area contributed by atoms with Crippen molar-refractivity contribution in [3.8, 4) is 0 Å². The number of rotatable bonds is 5. The molecule has 0 aliphatic heterocycles. The first-order valence-electron chi connectivity index (χ1n) is 6.11. The van der Waals surface area contributed by atoms with Crippen LogP contribution in [0.1, 0.15) is 36.5 Å². The van der Waals surface area contributed by atoms with Crippen LogP contribution in [0.25, 0.3) is 0 Å². The Morgan fingerprint density at radius 3 is 2.53 bits per heavy atom. The second-order valence-electron chi connectivity index (χ2n) is 4.78. The summed E-state index contributed by atoms with van der Waals surface area (Å²) in [4.78, 5) is 0. The molecule has 2 rings (SSSR count). The van der Waals surface area contributed by atoms with Gasteiger partial charge in [-0.15, -0.1) is 0 Å². The normalized spacial score (nSPS) is 19.7. The van der Waals surface area contributed by atoms with E-state index in [0.717, 1.165) is 12.8 Å². The van der Waals surface area contributed by atoms with E-state index in [-0.39, 0.29) is 11.6 Å². The minimum Gasteiger partial charge on any atom is -0.382 e. The Morgan fingerprint density at radius 2 is 2.00 bits per heavy atom. The van der Waals surface area contributed by atoms with Gasteiger partial charge in [0.25, 0.3) is 0 Å². The summed E-state index contributed by atoms with van der Waals surface area (Å²) >= 11 is 0. The molecule has 0 heterocycles. The molecule has 0 amide bonds. The highest BCUT2D eigenvalue weighted by molar-refractivity contribution is 5.36. The first-order valence-corrected chi connectivity index (χ1v) is 6.11. The van der Waals surface area contributed by atoms with Crippen molar-refractivity contribution in [2.24, 2.45) is 5.73 Å². The monoisotopic (exact) mass is 235 g/mol. The standard InChI is InChI=1S/C14H21NO2/c1-16-10-13(17-2)11-6-3-4-7-12(11)14(15)8-5-9-14/h3-4,6-7,13H,5,8-10,15H2,1-2H3. The van der Waals surface area contributed by atoms with Gasteiger partial charge in [0.1, 0.15) is 6.10 Å². The minimum absolute atomic E-state index is 0.0303. The van der Waals surface area contributed by atoms with E-state index >= 15 is 0 Å². The highest BCUT2D eigenvalue weighted by Gasteiger charge is 2.37. The van der Waals surface area contributed by atoms with Crippen LogP contribution in [0.15, 0.2) is 24.3 Å². The zero-order valence-corrected chi connectivity index (χ0v) is 10.6. The van der Waals surface area contributed by atoms with Crippen LogP contribution in [0.4, 0.5) is 0 Å². The SMILES string of the molecule is COCC(OC)c1ccccc1C1(N)CCC1. The molecule has 0 bridgehead atoms. The molecule has 1 aliphatic carbocycles. The number of ether oxygens (including phenoxy) is 2. The lowest BCUT2D eigenvalue weighted by molar-refractivity contribution is 0.0256. The maximum Gasteiger partial charge on any atom is 0.106 e. The number of methoxy groups -OCH3 is 2. The molecule has 0 radical (unpaired) electrons. The third-order valence-corrected chi connectivity index (χ3v) is 3.69. The van der Waals surface area contributed by atoms with Crippen LogP contribution in [0.5, 0.6) is 0 Å². The molecule has 1 aliphatic rings. The Labute approximate surface area is 103 Å². The average Bonchev–Trinajstić information content (AvgIpc) is 2.33. The molecular weight excluding hydrogens is 214 g/mol. The maximum absolute atomic E-state index is 6.42. The summed E-state index contributed by atoms with van der Waals surface area (Å²) in [5, 5.41) is 0. The Hall–Kier alpha value is -0.900. The van der Waals surface area contributed by atoms with Gasteiger partial charge in [-0.1, -0.05) is 24.3 Å². The maximum atomic E-state index is 6.42. The summed E-state index contributed by atoms with van der Waals surface area (Å²) in [7, 11) is 3.40. The van der Waals surface area contributed by atoms with E-state index in [1.165, 1.54) is 17.5 Å². The van der Waals surface area contributed by atoms with Crippen LogP contribution in [0.2, 0.25) is 0 Å². The van der Waals surface area contributed by atoms with E-state index in [2.05, 4.69) is 12.1 Å². The lowest BCUT2D eigenvalue weighted by Crippen LogP contribution is -2.44. The van der Waals surface area contributed by atoms with Crippen molar-refractivity contribution in [2.45, 2.75) is 30.9 Å². The smallest absolute Gasteiger partial charge is 0.106 e. The molecule has 1 atom stereocenters. The lowest BCUT2D eigenvalue weighted by Gasteiger charge is -2.40. The van der Waals surface area contributed by atoms with Gasteiger partial charge in [0.2, 0.25) is 0 Å². The van der Waals surface area contributed by atoms with Gasteiger partial charge in [0, 0.05) is 19.8 Å². The van der Waals surface area contributed by atoms with E-state index in [1.807, 2.05) is 12.1 Å². The molecule has 1 fully saturated rings. The molecule has 2 N–H and O–H groups in total. The Morgan fingerprint density at radius 1 is 1.29 bits per heavy atom. The lowest BCUT2D eigenvalue weighted by atomic mass is 9.71. The number of hydrogen-bond acceptors (Lipinski definition) is 3. The number of benzene rings is 1. The van der Waals surface area contributed by atoms with E-state index in [1.54, 1.807) is 14.2 Å². The molecule has 0 spiro atoms. The largest absolute Gasteiger partial charge is 0.382 e. The summed E-state index contributed by atoms with van der Waals surface area (Å²) < 4.78 is 10.7.